The van der Waals surface area contributed by atoms with Crippen molar-refractivity contribution in [3.8, 4) is 22.6 Å². The first kappa shape index (κ1) is 23.8. The Morgan fingerprint density at radius 1 is 0.939 bits per heavy atom. The van der Waals surface area contributed by atoms with Gasteiger partial charge < -0.3 is 25.3 Å². The van der Waals surface area contributed by atoms with Crippen molar-refractivity contribution in [2.24, 2.45) is 5.73 Å². The molecule has 0 aliphatic heterocycles. The maximum atomic E-state index is 12.9. The van der Waals surface area contributed by atoms with Crippen LogP contribution in [-0.2, 0) is 9.53 Å². The highest BCUT2D eigenvalue weighted by molar-refractivity contribution is 6.05. The molecule has 0 atom stereocenters. The highest BCUT2D eigenvalue weighted by atomic mass is 16.6. The Labute approximate surface area is 193 Å². The molecule has 33 heavy (non-hydrogen) atoms. The summed E-state index contributed by atoms with van der Waals surface area (Å²) in [6.07, 6.45) is 0. The van der Waals surface area contributed by atoms with Crippen LogP contribution in [0.5, 0.6) is 11.5 Å². The second-order valence-corrected chi connectivity index (χ2v) is 7.47. The first-order chi connectivity index (χ1) is 15.9. The van der Waals surface area contributed by atoms with Gasteiger partial charge in [0.15, 0.2) is 6.61 Å². The number of amides is 1. The quantitative estimate of drug-likeness (QED) is 0.478. The number of hydrogen-bond donors (Lipinski definition) is 2. The number of anilines is 1. The predicted octanol–water partition coefficient (Wildman–Crippen LogP) is 4.11. The van der Waals surface area contributed by atoms with Crippen LogP contribution in [0, 0.1) is 13.8 Å². The van der Waals surface area contributed by atoms with Crippen LogP contribution in [0.4, 0.5) is 5.69 Å². The normalized spacial score (nSPS) is 10.4. The Morgan fingerprint density at radius 2 is 1.67 bits per heavy atom. The fourth-order valence-electron chi connectivity index (χ4n) is 3.46. The second-order valence-electron chi connectivity index (χ2n) is 7.47. The highest BCUT2D eigenvalue weighted by Gasteiger charge is 2.14. The van der Waals surface area contributed by atoms with E-state index in [1.165, 1.54) is 7.11 Å². The number of methoxy groups -OCH3 is 1. The number of ether oxygens (including phenoxy) is 3. The molecule has 0 aromatic heterocycles. The van der Waals surface area contributed by atoms with Gasteiger partial charge in [0, 0.05) is 23.4 Å². The molecular formula is C26H28N2O5. The average Bonchev–Trinajstić information content (AvgIpc) is 2.82. The molecule has 0 bridgehead atoms. The largest absolute Gasteiger partial charge is 0.492 e. The Balaban J connectivity index is 1.80. The summed E-state index contributed by atoms with van der Waals surface area (Å²) in [5.41, 5.74) is 10.1. The molecular weight excluding hydrogens is 420 g/mol. The topological polar surface area (TPSA) is 99.9 Å². The van der Waals surface area contributed by atoms with Crippen molar-refractivity contribution >= 4 is 17.6 Å². The summed E-state index contributed by atoms with van der Waals surface area (Å²) in [5.74, 6) is 0.614. The molecule has 0 spiro atoms. The van der Waals surface area contributed by atoms with E-state index in [9.17, 15) is 9.59 Å². The Kier molecular flexibility index (Phi) is 8.05. The van der Waals surface area contributed by atoms with Gasteiger partial charge in [-0.25, -0.2) is 4.79 Å². The lowest BCUT2D eigenvalue weighted by Gasteiger charge is -2.14. The number of para-hydroxylation sites is 1. The standard InChI is InChI=1S/C26H28N2O5/c1-17-13-20(14-18(2)25(17)32-12-11-27)26(30)28-21-8-6-7-19(15-21)22-9-4-5-10-23(22)33-16-24(29)31-3/h4-10,13-15H,11-12,16,27H2,1-3H3,(H,28,30). The number of esters is 1. The second kappa shape index (κ2) is 11.2. The summed E-state index contributed by atoms with van der Waals surface area (Å²) in [4.78, 5) is 24.4. The summed E-state index contributed by atoms with van der Waals surface area (Å²) >= 11 is 0. The van der Waals surface area contributed by atoms with Gasteiger partial charge in [-0.2, -0.15) is 0 Å². The van der Waals surface area contributed by atoms with Gasteiger partial charge in [0.1, 0.15) is 18.1 Å². The fourth-order valence-corrected chi connectivity index (χ4v) is 3.46. The molecule has 3 aromatic carbocycles. The van der Waals surface area contributed by atoms with Gasteiger partial charge >= 0.3 is 5.97 Å². The lowest BCUT2D eigenvalue weighted by atomic mass is 10.0. The molecule has 7 nitrogen and oxygen atoms in total. The van der Waals surface area contributed by atoms with Crippen LogP contribution in [0.1, 0.15) is 21.5 Å². The van der Waals surface area contributed by atoms with Crippen molar-refractivity contribution in [2.75, 3.05) is 32.2 Å². The minimum atomic E-state index is -0.462. The smallest absolute Gasteiger partial charge is 0.343 e. The summed E-state index contributed by atoms with van der Waals surface area (Å²) in [5, 5.41) is 2.95. The molecule has 0 saturated heterocycles. The summed E-state index contributed by atoms with van der Waals surface area (Å²) < 4.78 is 15.9. The Hall–Kier alpha value is -3.84. The number of carbonyl (C=O) groups excluding carboxylic acids is 2. The third kappa shape index (κ3) is 6.11. The molecule has 1 amide bonds. The number of rotatable bonds is 9. The zero-order chi connectivity index (χ0) is 23.8. The molecule has 172 valence electrons. The predicted molar refractivity (Wildman–Crippen MR) is 128 cm³/mol. The first-order valence-electron chi connectivity index (χ1n) is 10.6. The van der Waals surface area contributed by atoms with Crippen LogP contribution in [-0.4, -0.2) is 38.7 Å². The zero-order valence-corrected chi connectivity index (χ0v) is 19.0. The van der Waals surface area contributed by atoms with Crippen LogP contribution in [0.25, 0.3) is 11.1 Å². The molecule has 0 aliphatic rings. The van der Waals surface area contributed by atoms with E-state index in [-0.39, 0.29) is 12.5 Å². The van der Waals surface area contributed by atoms with Crippen molar-refractivity contribution < 1.29 is 23.8 Å². The molecule has 0 heterocycles. The van der Waals surface area contributed by atoms with Crippen LogP contribution >= 0.6 is 0 Å². The molecule has 0 fully saturated rings. The number of carbonyl (C=O) groups is 2. The van der Waals surface area contributed by atoms with Gasteiger partial charge in [0.2, 0.25) is 0 Å². The Bertz CT molecular complexity index is 1120. The van der Waals surface area contributed by atoms with Crippen molar-refractivity contribution in [1.82, 2.24) is 0 Å². The van der Waals surface area contributed by atoms with Gasteiger partial charge in [-0.05, 0) is 60.9 Å². The van der Waals surface area contributed by atoms with E-state index in [0.29, 0.717) is 30.2 Å². The number of benzene rings is 3. The SMILES string of the molecule is COC(=O)COc1ccccc1-c1cccc(NC(=O)c2cc(C)c(OCCN)c(C)c2)c1. The lowest BCUT2D eigenvalue weighted by molar-refractivity contribution is -0.142. The maximum absolute atomic E-state index is 12.9. The molecule has 3 N–H and O–H groups in total. The molecule has 0 radical (unpaired) electrons. The van der Waals surface area contributed by atoms with E-state index in [2.05, 4.69) is 10.1 Å². The Morgan fingerprint density at radius 3 is 2.36 bits per heavy atom. The average molecular weight is 449 g/mol. The number of aryl methyl sites for hydroxylation is 2. The minimum absolute atomic E-state index is 0.187. The van der Waals surface area contributed by atoms with Crippen LogP contribution in [0.2, 0.25) is 0 Å². The van der Waals surface area contributed by atoms with Crippen LogP contribution in [0.15, 0.2) is 60.7 Å². The van der Waals surface area contributed by atoms with Gasteiger partial charge in [0.25, 0.3) is 5.91 Å². The minimum Gasteiger partial charge on any atom is -0.492 e. The highest BCUT2D eigenvalue weighted by Crippen LogP contribution is 2.32. The summed E-state index contributed by atoms with van der Waals surface area (Å²) in [7, 11) is 1.31. The van der Waals surface area contributed by atoms with Gasteiger partial charge in [-0.3, -0.25) is 4.79 Å². The summed E-state index contributed by atoms with van der Waals surface area (Å²) in [6, 6.07) is 18.4. The molecule has 3 rings (SSSR count). The van der Waals surface area contributed by atoms with Gasteiger partial charge in [0.05, 0.1) is 7.11 Å². The van der Waals surface area contributed by atoms with Crippen molar-refractivity contribution in [2.45, 2.75) is 13.8 Å². The fraction of sp³-hybridized carbons (Fsp3) is 0.231. The van der Waals surface area contributed by atoms with E-state index < -0.39 is 5.97 Å². The van der Waals surface area contributed by atoms with E-state index >= 15 is 0 Å². The van der Waals surface area contributed by atoms with Gasteiger partial charge in [-0.15, -0.1) is 0 Å². The third-order valence-corrected chi connectivity index (χ3v) is 4.98. The molecule has 7 heteroatoms. The lowest BCUT2D eigenvalue weighted by Crippen LogP contribution is -2.14. The van der Waals surface area contributed by atoms with E-state index in [1.54, 1.807) is 18.2 Å². The monoisotopic (exact) mass is 448 g/mol. The van der Waals surface area contributed by atoms with E-state index in [0.717, 1.165) is 28.0 Å². The van der Waals surface area contributed by atoms with E-state index in [1.807, 2.05) is 56.3 Å². The van der Waals surface area contributed by atoms with Crippen molar-refractivity contribution in [1.29, 1.82) is 0 Å². The van der Waals surface area contributed by atoms with Gasteiger partial charge in [-0.1, -0.05) is 30.3 Å². The van der Waals surface area contributed by atoms with Crippen LogP contribution < -0.4 is 20.5 Å². The molecule has 0 aliphatic carbocycles. The van der Waals surface area contributed by atoms with Crippen molar-refractivity contribution in [3.63, 3.8) is 0 Å². The van der Waals surface area contributed by atoms with Crippen LogP contribution in [0.3, 0.4) is 0 Å². The zero-order valence-electron chi connectivity index (χ0n) is 19.0. The van der Waals surface area contributed by atoms with E-state index in [4.69, 9.17) is 15.2 Å². The maximum Gasteiger partial charge on any atom is 0.343 e. The molecule has 3 aromatic rings. The molecule has 0 saturated carbocycles. The third-order valence-electron chi connectivity index (χ3n) is 4.98. The number of nitrogens with two attached hydrogens (primary N) is 1. The first-order valence-corrected chi connectivity index (χ1v) is 10.6. The number of hydrogen-bond acceptors (Lipinski definition) is 6. The van der Waals surface area contributed by atoms with Crippen molar-refractivity contribution in [3.05, 3.63) is 77.4 Å². The molecule has 0 unspecified atom stereocenters. The number of nitrogens with one attached hydrogen (secondary N) is 1. The summed E-state index contributed by atoms with van der Waals surface area (Å²) in [6.45, 7) is 4.47.